The highest BCUT2D eigenvalue weighted by atomic mass is 16.5. The molecule has 2 amide bonds. The van der Waals surface area contributed by atoms with E-state index in [0.29, 0.717) is 29.3 Å². The highest BCUT2D eigenvalue weighted by molar-refractivity contribution is 6.00. The van der Waals surface area contributed by atoms with Crippen LogP contribution >= 0.6 is 0 Å². The van der Waals surface area contributed by atoms with Gasteiger partial charge in [-0.05, 0) is 93.3 Å². The Labute approximate surface area is 280 Å². The molecule has 8 rings (SSSR count). The van der Waals surface area contributed by atoms with E-state index in [1.54, 1.807) is 7.11 Å². The normalized spacial score (nSPS) is 22.9. The summed E-state index contributed by atoms with van der Waals surface area (Å²) in [5, 5.41) is 4.19. The average molecular weight is 646 g/mol. The summed E-state index contributed by atoms with van der Waals surface area (Å²) in [6.45, 7) is 3.35. The molecule has 2 aromatic carbocycles. The number of carbonyl (C=O) groups excluding carboxylic acids is 2. The Balaban J connectivity index is 1.19. The van der Waals surface area contributed by atoms with Gasteiger partial charge < -0.3 is 29.8 Å². The summed E-state index contributed by atoms with van der Waals surface area (Å²) in [4.78, 5) is 39.5. The Hall–Kier alpha value is -4.70. The number of pyridine rings is 1. The van der Waals surface area contributed by atoms with Crippen LogP contribution in [-0.2, 0) is 20.0 Å². The summed E-state index contributed by atoms with van der Waals surface area (Å²) in [7, 11) is 3.64. The maximum Gasteiger partial charge on any atom is 0.254 e. The fourth-order valence-corrected chi connectivity index (χ4v) is 8.29. The van der Waals surface area contributed by atoms with E-state index in [1.807, 2.05) is 55.3 Å². The van der Waals surface area contributed by atoms with Crippen molar-refractivity contribution in [3.63, 3.8) is 0 Å². The van der Waals surface area contributed by atoms with Crippen molar-refractivity contribution in [1.82, 2.24) is 29.3 Å². The van der Waals surface area contributed by atoms with Crippen LogP contribution in [0.25, 0.3) is 33.6 Å². The molecule has 1 saturated heterocycles. The quantitative estimate of drug-likeness (QED) is 0.257. The first-order valence-corrected chi connectivity index (χ1v) is 17.3. The van der Waals surface area contributed by atoms with E-state index in [4.69, 9.17) is 20.4 Å². The Morgan fingerprint density at radius 3 is 2.75 bits per heavy atom. The number of imidazole rings is 1. The Kier molecular flexibility index (Phi) is 7.70. The fourth-order valence-electron chi connectivity index (χ4n) is 8.29. The van der Waals surface area contributed by atoms with Crippen molar-refractivity contribution in [2.45, 2.75) is 76.5 Å². The van der Waals surface area contributed by atoms with Gasteiger partial charge in [-0.15, -0.1) is 0 Å². The first-order valence-electron chi connectivity index (χ1n) is 17.3. The topological polar surface area (TPSA) is 120 Å². The van der Waals surface area contributed by atoms with E-state index in [2.05, 4.69) is 32.7 Å². The third-order valence-electron chi connectivity index (χ3n) is 10.9. The zero-order valence-corrected chi connectivity index (χ0v) is 27.9. The van der Waals surface area contributed by atoms with Gasteiger partial charge in [-0.3, -0.25) is 9.59 Å². The van der Waals surface area contributed by atoms with E-state index >= 15 is 0 Å². The second-order valence-electron chi connectivity index (χ2n) is 13.9. The van der Waals surface area contributed by atoms with Gasteiger partial charge >= 0.3 is 0 Å². The predicted molar refractivity (Wildman–Crippen MR) is 186 cm³/mol. The van der Waals surface area contributed by atoms with Crippen LogP contribution in [-0.4, -0.2) is 61.6 Å². The largest absolute Gasteiger partial charge is 0.494 e. The van der Waals surface area contributed by atoms with Gasteiger partial charge in [-0.2, -0.15) is 0 Å². The van der Waals surface area contributed by atoms with E-state index in [0.717, 1.165) is 96.4 Å². The van der Waals surface area contributed by atoms with Crippen molar-refractivity contribution in [3.05, 3.63) is 77.0 Å². The van der Waals surface area contributed by atoms with Gasteiger partial charge in [0.05, 0.1) is 30.1 Å². The number of fused-ring (bicyclic) bond motifs is 5. The number of aromatic nitrogens is 4. The Bertz CT molecular complexity index is 2060. The van der Waals surface area contributed by atoms with Gasteiger partial charge in [0.2, 0.25) is 0 Å². The number of hydrogen-bond donors (Lipinski definition) is 2. The number of nitrogens with one attached hydrogen (secondary N) is 1. The lowest BCUT2D eigenvalue weighted by Crippen LogP contribution is -2.51. The second kappa shape index (κ2) is 12.1. The number of hydrogen-bond acceptors (Lipinski definition) is 6. The first-order chi connectivity index (χ1) is 23.3. The summed E-state index contributed by atoms with van der Waals surface area (Å²) in [6, 6.07) is 17.9. The number of aryl methyl sites for hydroxylation is 3. The van der Waals surface area contributed by atoms with Gasteiger partial charge in [0.15, 0.2) is 5.82 Å². The zero-order valence-electron chi connectivity index (χ0n) is 27.9. The molecule has 5 heterocycles. The summed E-state index contributed by atoms with van der Waals surface area (Å²) >= 11 is 0. The minimum atomic E-state index is -0.273. The Morgan fingerprint density at radius 2 is 1.90 bits per heavy atom. The second-order valence-corrected chi connectivity index (χ2v) is 13.9. The average Bonchev–Trinajstić information content (AvgIpc) is 3.79. The van der Waals surface area contributed by atoms with Crippen molar-refractivity contribution in [1.29, 1.82) is 0 Å². The van der Waals surface area contributed by atoms with Gasteiger partial charge in [0.25, 0.3) is 11.8 Å². The molecule has 4 atom stereocenters. The molecule has 10 heteroatoms. The van der Waals surface area contributed by atoms with Gasteiger partial charge in [0, 0.05) is 48.7 Å². The van der Waals surface area contributed by atoms with Gasteiger partial charge in [-0.25, -0.2) is 9.97 Å². The van der Waals surface area contributed by atoms with Crippen LogP contribution < -0.4 is 15.8 Å². The van der Waals surface area contributed by atoms with E-state index in [1.165, 1.54) is 0 Å². The molecule has 3 N–H and O–H groups in total. The molecule has 2 fully saturated rings. The molecule has 1 aliphatic carbocycles. The molecule has 0 radical (unpaired) electrons. The summed E-state index contributed by atoms with van der Waals surface area (Å²) in [5.41, 5.74) is 13.0. The molecule has 248 valence electrons. The lowest BCUT2D eigenvalue weighted by molar-refractivity contribution is 0.0603. The minimum absolute atomic E-state index is 0.00830. The Morgan fingerprint density at radius 1 is 1.04 bits per heavy atom. The van der Waals surface area contributed by atoms with Crippen LogP contribution in [0, 0.1) is 5.92 Å². The van der Waals surface area contributed by atoms with Crippen molar-refractivity contribution < 1.29 is 14.3 Å². The smallest absolute Gasteiger partial charge is 0.254 e. The number of methoxy groups -OCH3 is 1. The molecule has 3 aliphatic rings. The SMILES string of the molecule is COc1cc(C(=O)N2C[C@H](N)C3CC[C@H]2C3)cc2nc(-c3cc4ccc5nc4n3CCCCCc3ccccc3C(=O)N[C@@H]5C)n(C)c12. The molecule has 1 unspecified atom stereocenters. The molecule has 0 spiro atoms. The monoisotopic (exact) mass is 645 g/mol. The molecule has 10 nitrogen and oxygen atoms in total. The van der Waals surface area contributed by atoms with Crippen molar-refractivity contribution >= 4 is 33.9 Å². The number of rotatable bonds is 3. The molecule has 2 aliphatic heterocycles. The molecule has 5 aromatic rings. The maximum absolute atomic E-state index is 13.9. The molecular formula is C38H43N7O3. The lowest BCUT2D eigenvalue weighted by Gasteiger charge is -2.37. The standard InChI is InChI=1S/C38H43N7O3/c1-22-30-15-13-25-19-32(44(35(25)41-30)16-8-4-5-9-23-10-6-7-11-28(23)37(46)40-22)36-42-31-18-26(20-33(48-3)34(31)43(36)2)38(47)45-21-29(39)24-12-14-27(45)17-24/h6-7,10-11,13,15,18-20,22,24,27,29H,4-5,8-9,12,14,16-17,21,39H2,1-3H3,(H,40,46)/t22-,24?,27+,29+/m1/s1. The molecule has 1 saturated carbocycles. The van der Waals surface area contributed by atoms with E-state index < -0.39 is 0 Å². The molecular weight excluding hydrogens is 602 g/mol. The number of ether oxygens (including phenoxy) is 1. The number of carbonyl (C=O) groups is 2. The minimum Gasteiger partial charge on any atom is -0.494 e. The van der Waals surface area contributed by atoms with Gasteiger partial charge in [-0.1, -0.05) is 24.6 Å². The lowest BCUT2D eigenvalue weighted by atomic mass is 9.94. The van der Waals surface area contributed by atoms with Crippen LogP contribution in [0.3, 0.4) is 0 Å². The third-order valence-corrected chi connectivity index (χ3v) is 10.9. The first kappa shape index (κ1) is 30.6. The number of nitrogens with two attached hydrogens (primary N) is 1. The number of amides is 2. The van der Waals surface area contributed by atoms with Crippen LogP contribution in [0.5, 0.6) is 5.75 Å². The van der Waals surface area contributed by atoms with Crippen molar-refractivity contribution in [3.8, 4) is 17.3 Å². The number of likely N-dealkylation sites (tertiary alicyclic amines) is 1. The summed E-state index contributed by atoms with van der Waals surface area (Å²) < 4.78 is 10.2. The van der Waals surface area contributed by atoms with Gasteiger partial charge in [0.1, 0.15) is 16.9 Å². The number of nitrogens with zero attached hydrogens (tertiary/aromatic N) is 5. The highest BCUT2D eigenvalue weighted by Gasteiger charge is 2.41. The van der Waals surface area contributed by atoms with E-state index in [-0.39, 0.29) is 29.9 Å². The number of piperidine rings is 1. The number of benzene rings is 2. The van der Waals surface area contributed by atoms with Crippen LogP contribution in [0.4, 0.5) is 0 Å². The van der Waals surface area contributed by atoms with E-state index in [9.17, 15) is 9.59 Å². The summed E-state index contributed by atoms with van der Waals surface area (Å²) in [6.07, 6.45) is 6.89. The van der Waals surface area contributed by atoms with Crippen LogP contribution in [0.1, 0.15) is 83.5 Å². The fraction of sp³-hybridized carbons (Fsp3) is 0.421. The van der Waals surface area contributed by atoms with Crippen molar-refractivity contribution in [2.24, 2.45) is 18.7 Å². The van der Waals surface area contributed by atoms with Crippen LogP contribution in [0.2, 0.25) is 0 Å². The highest BCUT2D eigenvalue weighted by Crippen LogP contribution is 2.39. The molecule has 3 aromatic heterocycles. The van der Waals surface area contributed by atoms with Crippen LogP contribution in [0.15, 0.2) is 54.6 Å². The molecule has 4 bridgehead atoms. The van der Waals surface area contributed by atoms with Crippen molar-refractivity contribution in [2.75, 3.05) is 13.7 Å². The third kappa shape index (κ3) is 5.13. The molecule has 48 heavy (non-hydrogen) atoms. The predicted octanol–water partition coefficient (Wildman–Crippen LogP) is 5.77. The zero-order chi connectivity index (χ0) is 33.1. The maximum atomic E-state index is 13.9. The summed E-state index contributed by atoms with van der Waals surface area (Å²) in [5.74, 6) is 1.83.